The van der Waals surface area contributed by atoms with E-state index in [0.717, 1.165) is 111 Å². The van der Waals surface area contributed by atoms with Gasteiger partial charge in [-0.05, 0) is 239 Å². The van der Waals surface area contributed by atoms with Gasteiger partial charge in [-0.25, -0.2) is 61.8 Å². The number of benzene rings is 1. The van der Waals surface area contributed by atoms with Crippen molar-refractivity contribution in [2.75, 3.05) is 78.5 Å². The van der Waals surface area contributed by atoms with Crippen LogP contribution in [0.25, 0.3) is 83.6 Å². The topological polar surface area (TPSA) is 330 Å². The first kappa shape index (κ1) is 104. The highest BCUT2D eigenvalue weighted by Gasteiger charge is 2.39. The number of rotatable bonds is 18. The number of nitrogens with zero attached hydrogens (tertiary/aromatic N) is 19. The lowest BCUT2D eigenvalue weighted by atomic mass is 9.95. The number of likely N-dealkylation sites (tertiary alicyclic amines) is 5. The predicted molar refractivity (Wildman–Crippen MR) is 551 cm³/mol. The Morgan fingerprint density at radius 1 is 0.329 bits per heavy atom. The number of hydrogen-bond donors (Lipinski definition) is 3. The highest BCUT2D eigenvalue weighted by Crippen LogP contribution is 2.35. The number of alkyl halides is 5. The quantitative estimate of drug-likeness (QED) is 0.0672. The lowest BCUT2D eigenvalue weighted by Gasteiger charge is -2.34. The Morgan fingerprint density at radius 2 is 0.610 bits per heavy atom. The fourth-order valence-corrected chi connectivity index (χ4v) is 18.1. The van der Waals surface area contributed by atoms with E-state index in [1.54, 1.807) is 126 Å². The van der Waals surface area contributed by atoms with Gasteiger partial charge in [0, 0.05) is 198 Å². The minimum Gasteiger partial charge on any atom is -0.351 e. The molecule has 0 spiro atoms. The van der Waals surface area contributed by atoms with Crippen LogP contribution < -0.4 is 16.0 Å². The first-order valence-corrected chi connectivity index (χ1v) is 49.9. The van der Waals surface area contributed by atoms with Crippen LogP contribution in [0.15, 0.2) is 220 Å². The van der Waals surface area contributed by atoms with Gasteiger partial charge in [-0.1, -0.05) is 52.3 Å². The van der Waals surface area contributed by atoms with Crippen LogP contribution in [0.1, 0.15) is 240 Å². The van der Waals surface area contributed by atoms with Gasteiger partial charge in [0.05, 0.1) is 75.4 Å². The molecular weight excluding hydrogens is 1860 g/mol. The number of aryl methyl sites for hydroxylation is 2. The minimum atomic E-state index is -2.70. The summed E-state index contributed by atoms with van der Waals surface area (Å²) in [5.41, 5.74) is 10.2. The summed E-state index contributed by atoms with van der Waals surface area (Å²) in [6.07, 6.45) is 30.7. The summed E-state index contributed by atoms with van der Waals surface area (Å²) in [4.78, 5) is 148. The zero-order chi connectivity index (χ0) is 104. The number of hydrogen-bond acceptors (Lipinski definition) is 17. The molecule has 15 aromatic rings. The third kappa shape index (κ3) is 25.0. The number of fused-ring (bicyclic) bond motifs is 5. The van der Waals surface area contributed by atoms with Crippen LogP contribution >= 0.6 is 0 Å². The summed E-state index contributed by atoms with van der Waals surface area (Å²) in [5.74, 6) is -3.84. The van der Waals surface area contributed by atoms with Gasteiger partial charge in [0.2, 0.25) is 0 Å². The van der Waals surface area contributed by atoms with Crippen LogP contribution in [-0.4, -0.2) is 247 Å². The molecule has 1 aromatic carbocycles. The smallest absolute Gasteiger partial charge is 0.270 e. The zero-order valence-corrected chi connectivity index (χ0v) is 84.2. The number of pyridine rings is 9. The average molecular weight is 1990 g/mol. The molecule has 19 heterocycles. The van der Waals surface area contributed by atoms with Crippen LogP contribution in [0.3, 0.4) is 0 Å². The summed E-state index contributed by atoms with van der Waals surface area (Å²) in [6, 6.07) is 41.6. The van der Waals surface area contributed by atoms with Crippen molar-refractivity contribution in [3.63, 3.8) is 0 Å². The van der Waals surface area contributed by atoms with E-state index in [1.807, 2.05) is 150 Å². The van der Waals surface area contributed by atoms with Crippen LogP contribution in [0, 0.1) is 19.3 Å². The average Bonchev–Trinajstić information content (AvgIpc) is 1.65. The molecule has 5 fully saturated rings. The molecule has 146 heavy (non-hydrogen) atoms. The molecule has 0 atom stereocenters. The number of aromatic nitrogens is 14. The number of nitrogens with one attached hydrogen (secondary N) is 3. The van der Waals surface area contributed by atoms with E-state index in [0.29, 0.717) is 153 Å². The van der Waals surface area contributed by atoms with E-state index in [9.17, 15) is 60.3 Å². The summed E-state index contributed by atoms with van der Waals surface area (Å²) in [6.45, 7) is 26.3. The van der Waals surface area contributed by atoms with E-state index < -0.39 is 22.9 Å². The molecule has 0 saturated carbocycles. The van der Waals surface area contributed by atoms with Crippen LogP contribution in [-0.2, 0) is 0 Å². The van der Waals surface area contributed by atoms with Gasteiger partial charge in [-0.2, -0.15) is 0 Å². The van der Waals surface area contributed by atoms with Crippen molar-refractivity contribution in [1.29, 1.82) is 0 Å². The molecule has 3 N–H and O–H groups in total. The molecule has 30 nitrogen and oxygen atoms in total. The second-order valence-corrected chi connectivity index (χ2v) is 40.0. The summed E-state index contributed by atoms with van der Waals surface area (Å²) in [7, 11) is 0. The fraction of sp³-hybridized carbons (Fsp3) is 0.378. The minimum absolute atomic E-state index is 0.00655. The van der Waals surface area contributed by atoms with Crippen molar-refractivity contribution in [1.82, 2.24) is 108 Å². The highest BCUT2D eigenvalue weighted by atomic mass is 19.3. The Labute approximate surface area is 843 Å². The Hall–Kier alpha value is -15.3. The van der Waals surface area contributed by atoms with Crippen molar-refractivity contribution in [2.45, 2.75) is 189 Å². The summed E-state index contributed by atoms with van der Waals surface area (Å²) >= 11 is 0. The summed E-state index contributed by atoms with van der Waals surface area (Å²) < 4.78 is 78.3. The van der Waals surface area contributed by atoms with Crippen molar-refractivity contribution >= 4 is 102 Å². The van der Waals surface area contributed by atoms with Gasteiger partial charge in [0.25, 0.3) is 53.2 Å². The van der Waals surface area contributed by atoms with E-state index in [1.165, 1.54) is 23.1 Å². The maximum Gasteiger partial charge on any atom is 0.270 e. The monoisotopic (exact) mass is 1990 g/mol. The molecule has 35 heteroatoms. The largest absolute Gasteiger partial charge is 0.351 e. The Kier molecular flexibility index (Phi) is 31.6. The standard InChI is InChI=1S/2C25H30FN5O2.C21H21F2N5O2.C20H21FN4O.C20H21N3O/c1-24(2,3)16-29-22(32)20-6-5-19(15-27-20)31-10-7-17-13-18(14-28-21(17)31)23(33)30-11-8-25(4,26)9-12-30;1-4-19(5-2)29-23(32)21-7-6-20(16-27-21)31-11-8-17-14-18(15-28-22(17)31)24(33)30-12-9-25(3,26)10-13-30;1-2-24-19(29)17-4-3-16(13-25-17)28-8-5-14-11-15(12-26-18(14)28)20(30)27-9-6-21(22,23)7-10-27;1-14-3-4-17(13-22-14)25-8-5-15-11-16(12-23-18(15)25)19(26)24-9-6-20(2,21)7-10-24;1-15-5-7-18(8-6-15)23-12-9-16-13-17(14-21-19(16)23)20(24)22-10-3-2-4-11-22/h5-7,10,13-15H,8-9,11-12,16H2,1-4H3,(H,29,32);6-8,11,14-16,19H,4-5,9-10,12-13H2,1-3H3,(H,29,32);3-5,8,11-13H,2,6-7,9-10H2,1H3,(H,24,29);3-5,8,11-13H,6-7,9-10H2,1-2H3;5-9,12-14H,2-4,10-11H2,1H3. The zero-order valence-electron chi connectivity index (χ0n) is 84.2. The second kappa shape index (κ2) is 44.5. The number of piperidine rings is 5. The van der Waals surface area contributed by atoms with Gasteiger partial charge in [-0.3, -0.25) is 61.6 Å². The van der Waals surface area contributed by atoms with E-state index in [-0.39, 0.29) is 84.6 Å². The van der Waals surface area contributed by atoms with Crippen molar-refractivity contribution in [3.8, 4) is 28.4 Å². The molecule has 0 bridgehead atoms. The molecular formula is C111H123F5N22O8. The number of halogens is 5. The Bertz CT molecular complexity index is 7200. The molecule has 5 aliphatic heterocycles. The predicted octanol–water partition coefficient (Wildman–Crippen LogP) is 19.2. The van der Waals surface area contributed by atoms with Crippen molar-refractivity contribution < 1.29 is 60.3 Å². The van der Waals surface area contributed by atoms with Gasteiger partial charge in [0.1, 0.15) is 62.3 Å². The van der Waals surface area contributed by atoms with Crippen LogP contribution in [0.5, 0.6) is 0 Å². The van der Waals surface area contributed by atoms with Crippen LogP contribution in [0.4, 0.5) is 22.0 Å². The van der Waals surface area contributed by atoms with E-state index in [2.05, 4.69) is 117 Å². The van der Waals surface area contributed by atoms with Crippen LogP contribution in [0.2, 0.25) is 0 Å². The molecule has 0 radical (unpaired) electrons. The number of carbonyl (C=O) groups is 8. The molecule has 0 unspecified atom stereocenters. The molecule has 8 amide bonds. The van der Waals surface area contributed by atoms with Crippen molar-refractivity contribution in [2.24, 2.45) is 5.41 Å². The maximum atomic E-state index is 14.1. The SMILES string of the molecule is CC(C)(C)CNC(=O)c1ccc(-n2ccc3cc(C(=O)N4CCC(C)(F)CC4)cnc32)cn1.CCC(CC)NC(=O)c1ccc(-n2ccc3cc(C(=O)N4CCC(C)(F)CC4)cnc32)cn1.CCNC(=O)c1ccc(-n2ccc3cc(C(=O)N4CCC(F)(F)CC4)cnc32)cn1.Cc1ccc(-n2ccc3cc(C(=O)N4CCC(C)(F)CC4)cnc32)cn1.Cc1ccc(-n2ccc3cc(C(=O)N4CCCCC4)cnc32)cc1. The third-order valence-corrected chi connectivity index (χ3v) is 27.3. The third-order valence-electron chi connectivity index (χ3n) is 27.3. The number of carbonyl (C=O) groups excluding carboxylic acids is 8. The normalized spacial score (nSPS) is 15.9. The molecule has 5 aliphatic rings. The molecule has 5 saturated heterocycles. The second-order valence-electron chi connectivity index (χ2n) is 40.0. The first-order chi connectivity index (χ1) is 69.9. The molecule has 760 valence electrons. The molecule has 0 aliphatic carbocycles. The number of amides is 8. The first-order valence-electron chi connectivity index (χ1n) is 49.9. The maximum absolute atomic E-state index is 14.1. The lowest BCUT2D eigenvalue weighted by Crippen LogP contribution is -2.43. The molecule has 14 aromatic heterocycles. The molecule has 20 rings (SSSR count). The van der Waals surface area contributed by atoms with Gasteiger partial charge < -0.3 is 45.0 Å². The Balaban J connectivity index is 0.000000131. The van der Waals surface area contributed by atoms with Gasteiger partial charge >= 0.3 is 0 Å². The van der Waals surface area contributed by atoms with Gasteiger partial charge in [-0.15, -0.1) is 0 Å². The fourth-order valence-electron chi connectivity index (χ4n) is 18.1. The van der Waals surface area contributed by atoms with E-state index in [4.69, 9.17) is 0 Å². The summed E-state index contributed by atoms with van der Waals surface area (Å²) in [5, 5.41) is 12.9. The van der Waals surface area contributed by atoms with E-state index >= 15 is 0 Å². The van der Waals surface area contributed by atoms with Gasteiger partial charge in [0.15, 0.2) is 0 Å². The Morgan fingerprint density at radius 3 is 0.897 bits per heavy atom. The van der Waals surface area contributed by atoms with Crippen molar-refractivity contribution in [3.05, 3.63) is 276 Å². The highest BCUT2D eigenvalue weighted by molar-refractivity contribution is 6.02. The lowest BCUT2D eigenvalue weighted by molar-refractivity contribution is -0.0494.